The summed E-state index contributed by atoms with van der Waals surface area (Å²) in [5.74, 6) is 0.0239. The van der Waals surface area contributed by atoms with Crippen LogP contribution in [0, 0.1) is 0 Å². The highest BCUT2D eigenvalue weighted by atomic mass is 16.2. The molecule has 0 aromatic carbocycles. The average molecular weight is 199 g/mol. The second kappa shape index (κ2) is 8.75. The maximum atomic E-state index is 11.3. The van der Waals surface area contributed by atoms with E-state index in [0.29, 0.717) is 6.54 Å². The summed E-state index contributed by atoms with van der Waals surface area (Å²) in [5.41, 5.74) is 0.787. The number of nitrogens with one attached hydrogen (secondary N) is 1. The Morgan fingerprint density at radius 1 is 1.36 bits per heavy atom. The Morgan fingerprint density at radius 2 is 2.07 bits per heavy atom. The minimum Gasteiger partial charge on any atom is -0.396 e. The molecule has 0 spiro atoms. The first-order valence-corrected chi connectivity index (χ1v) is 5.28. The number of aliphatic hydroxyl groups excluding tert-OH is 1. The minimum absolute atomic E-state index is 0.0239. The number of carbonyl (C=O) groups excluding carboxylic acids is 1. The van der Waals surface area contributed by atoms with Gasteiger partial charge in [-0.15, -0.1) is 0 Å². The molecule has 0 aliphatic carbocycles. The average Bonchev–Trinajstić information content (AvgIpc) is 2.17. The maximum Gasteiger partial charge on any atom is 0.246 e. The lowest BCUT2D eigenvalue weighted by Gasteiger charge is -2.04. The molecule has 3 nitrogen and oxygen atoms in total. The highest BCUT2D eigenvalue weighted by Crippen LogP contribution is 1.96. The van der Waals surface area contributed by atoms with E-state index in [4.69, 9.17) is 5.11 Å². The summed E-state index contributed by atoms with van der Waals surface area (Å²) in [6, 6.07) is 0. The predicted molar refractivity (Wildman–Crippen MR) is 58.0 cm³/mol. The SMILES string of the molecule is CC/C=C(/C)C(=O)NCCCCCO. The minimum atomic E-state index is 0.0239. The summed E-state index contributed by atoms with van der Waals surface area (Å²) in [6.45, 7) is 4.78. The van der Waals surface area contributed by atoms with Crippen LogP contribution in [0.4, 0.5) is 0 Å². The molecule has 0 rings (SSSR count). The second-order valence-electron chi connectivity index (χ2n) is 3.34. The summed E-state index contributed by atoms with van der Waals surface area (Å²) in [4.78, 5) is 11.3. The molecule has 0 saturated carbocycles. The van der Waals surface area contributed by atoms with E-state index < -0.39 is 0 Å². The van der Waals surface area contributed by atoms with Crippen LogP contribution in [0.5, 0.6) is 0 Å². The molecule has 0 aliphatic heterocycles. The molecule has 1 amide bonds. The Bertz CT molecular complexity index is 188. The predicted octanol–water partition coefficient (Wildman–Crippen LogP) is 1.62. The van der Waals surface area contributed by atoms with E-state index in [0.717, 1.165) is 31.3 Å². The molecule has 0 aromatic heterocycles. The Hall–Kier alpha value is -0.830. The zero-order valence-corrected chi connectivity index (χ0v) is 9.18. The van der Waals surface area contributed by atoms with Crippen LogP contribution in [0.2, 0.25) is 0 Å². The molecular formula is C11H21NO2. The molecule has 2 N–H and O–H groups in total. The van der Waals surface area contributed by atoms with Crippen molar-refractivity contribution in [2.75, 3.05) is 13.2 Å². The van der Waals surface area contributed by atoms with E-state index in [9.17, 15) is 4.79 Å². The van der Waals surface area contributed by atoms with Gasteiger partial charge in [-0.25, -0.2) is 0 Å². The Kier molecular flexibility index (Phi) is 8.24. The van der Waals surface area contributed by atoms with Crippen LogP contribution < -0.4 is 5.32 Å². The van der Waals surface area contributed by atoms with Crippen molar-refractivity contribution in [3.63, 3.8) is 0 Å². The molecule has 0 atom stereocenters. The van der Waals surface area contributed by atoms with Crippen LogP contribution in [0.1, 0.15) is 39.5 Å². The third kappa shape index (κ3) is 6.66. The summed E-state index contributed by atoms with van der Waals surface area (Å²) >= 11 is 0. The number of amides is 1. The third-order valence-electron chi connectivity index (χ3n) is 1.99. The van der Waals surface area contributed by atoms with Crippen molar-refractivity contribution in [2.45, 2.75) is 39.5 Å². The van der Waals surface area contributed by atoms with Crippen molar-refractivity contribution in [3.8, 4) is 0 Å². The Balaban J connectivity index is 3.49. The molecule has 3 heteroatoms. The number of carbonyl (C=O) groups is 1. The van der Waals surface area contributed by atoms with Crippen LogP contribution in [0.3, 0.4) is 0 Å². The molecule has 82 valence electrons. The van der Waals surface area contributed by atoms with Crippen LogP contribution in [0.25, 0.3) is 0 Å². The first-order valence-electron chi connectivity index (χ1n) is 5.28. The van der Waals surface area contributed by atoms with Crippen LogP contribution in [-0.4, -0.2) is 24.2 Å². The Morgan fingerprint density at radius 3 is 2.64 bits per heavy atom. The normalized spacial score (nSPS) is 11.5. The molecule has 0 aliphatic rings. The van der Waals surface area contributed by atoms with Gasteiger partial charge in [-0.05, 0) is 32.6 Å². The number of hydrogen-bond donors (Lipinski definition) is 2. The van der Waals surface area contributed by atoms with E-state index in [-0.39, 0.29) is 12.5 Å². The fraction of sp³-hybridized carbons (Fsp3) is 0.727. The molecule has 0 radical (unpaired) electrons. The van der Waals surface area contributed by atoms with Crippen LogP contribution in [-0.2, 0) is 4.79 Å². The molecule has 0 fully saturated rings. The molecule has 14 heavy (non-hydrogen) atoms. The van der Waals surface area contributed by atoms with Gasteiger partial charge in [0.15, 0.2) is 0 Å². The van der Waals surface area contributed by atoms with Gasteiger partial charge in [-0.2, -0.15) is 0 Å². The van der Waals surface area contributed by atoms with E-state index in [1.807, 2.05) is 19.9 Å². The first-order chi connectivity index (χ1) is 6.72. The summed E-state index contributed by atoms with van der Waals surface area (Å²) < 4.78 is 0. The van der Waals surface area contributed by atoms with E-state index in [2.05, 4.69) is 5.32 Å². The van der Waals surface area contributed by atoms with Crippen LogP contribution >= 0.6 is 0 Å². The van der Waals surface area contributed by atoms with Crippen molar-refractivity contribution >= 4 is 5.91 Å². The topological polar surface area (TPSA) is 49.3 Å². The zero-order chi connectivity index (χ0) is 10.8. The third-order valence-corrected chi connectivity index (χ3v) is 1.99. The lowest BCUT2D eigenvalue weighted by atomic mass is 10.2. The van der Waals surface area contributed by atoms with Gasteiger partial charge in [0, 0.05) is 18.7 Å². The Labute approximate surface area is 86.2 Å². The quantitative estimate of drug-likeness (QED) is 0.483. The standard InChI is InChI=1S/C11H21NO2/c1-3-7-10(2)11(14)12-8-5-4-6-9-13/h7,13H,3-6,8-9H2,1-2H3,(H,12,14)/b10-7-. The molecule has 0 unspecified atom stereocenters. The van der Waals surface area contributed by atoms with Crippen molar-refractivity contribution in [3.05, 3.63) is 11.6 Å². The van der Waals surface area contributed by atoms with Crippen LogP contribution in [0.15, 0.2) is 11.6 Å². The summed E-state index contributed by atoms with van der Waals surface area (Å²) in [7, 11) is 0. The maximum absolute atomic E-state index is 11.3. The molecule has 0 bridgehead atoms. The van der Waals surface area contributed by atoms with E-state index in [1.54, 1.807) is 0 Å². The van der Waals surface area contributed by atoms with Crippen molar-refractivity contribution in [1.29, 1.82) is 0 Å². The summed E-state index contributed by atoms with van der Waals surface area (Å²) in [6.07, 6.45) is 5.53. The number of aliphatic hydroxyl groups is 1. The van der Waals surface area contributed by atoms with Gasteiger partial charge < -0.3 is 10.4 Å². The van der Waals surface area contributed by atoms with E-state index in [1.165, 1.54) is 0 Å². The highest BCUT2D eigenvalue weighted by molar-refractivity contribution is 5.92. The van der Waals surface area contributed by atoms with Gasteiger partial charge in [0.1, 0.15) is 0 Å². The van der Waals surface area contributed by atoms with Crippen molar-refractivity contribution in [2.24, 2.45) is 0 Å². The van der Waals surface area contributed by atoms with Crippen molar-refractivity contribution in [1.82, 2.24) is 5.32 Å². The van der Waals surface area contributed by atoms with Gasteiger partial charge in [0.25, 0.3) is 0 Å². The lowest BCUT2D eigenvalue weighted by Crippen LogP contribution is -2.25. The largest absolute Gasteiger partial charge is 0.396 e. The number of hydrogen-bond acceptors (Lipinski definition) is 2. The summed E-state index contributed by atoms with van der Waals surface area (Å²) in [5, 5.41) is 11.4. The first kappa shape index (κ1) is 13.2. The van der Waals surface area contributed by atoms with Gasteiger partial charge in [-0.1, -0.05) is 13.0 Å². The second-order valence-corrected chi connectivity index (χ2v) is 3.34. The molecule has 0 saturated heterocycles. The number of rotatable bonds is 7. The van der Waals surface area contributed by atoms with Gasteiger partial charge in [0.2, 0.25) is 5.91 Å². The fourth-order valence-corrected chi connectivity index (χ4v) is 1.15. The highest BCUT2D eigenvalue weighted by Gasteiger charge is 2.01. The van der Waals surface area contributed by atoms with Gasteiger partial charge in [0.05, 0.1) is 0 Å². The van der Waals surface area contributed by atoms with Gasteiger partial charge >= 0.3 is 0 Å². The van der Waals surface area contributed by atoms with Crippen molar-refractivity contribution < 1.29 is 9.90 Å². The molecule has 0 aromatic rings. The fourth-order valence-electron chi connectivity index (χ4n) is 1.15. The smallest absolute Gasteiger partial charge is 0.246 e. The number of unbranched alkanes of at least 4 members (excludes halogenated alkanes) is 2. The monoisotopic (exact) mass is 199 g/mol. The van der Waals surface area contributed by atoms with E-state index >= 15 is 0 Å². The van der Waals surface area contributed by atoms with Gasteiger partial charge in [-0.3, -0.25) is 4.79 Å². The molecule has 0 heterocycles. The lowest BCUT2D eigenvalue weighted by molar-refractivity contribution is -0.117. The number of allylic oxidation sites excluding steroid dienone is 1. The zero-order valence-electron chi connectivity index (χ0n) is 9.18. The molecular weight excluding hydrogens is 178 g/mol.